The molecule has 3 aliphatic rings. The Bertz CT molecular complexity index is 991. The lowest BCUT2D eigenvalue weighted by Crippen LogP contribution is -2.71. The number of aliphatic carboxylic acids is 1. The first-order valence-electron chi connectivity index (χ1n) is 9.27. The van der Waals surface area contributed by atoms with Crippen LogP contribution in [0.25, 0.3) is 0 Å². The third-order valence-corrected chi connectivity index (χ3v) is 8.03. The van der Waals surface area contributed by atoms with E-state index in [-0.39, 0.29) is 34.3 Å². The largest absolute Gasteiger partial charge is 0.477 e. The number of oxime groups is 1. The number of β-lactam (4-membered cyclic amide) rings is 1. The number of nitrogens with zero attached hydrogens (tertiary/aromatic N) is 3. The number of rotatable bonds is 7. The second-order valence-corrected chi connectivity index (χ2v) is 10.1. The van der Waals surface area contributed by atoms with Crippen molar-refractivity contribution in [2.45, 2.75) is 16.7 Å². The van der Waals surface area contributed by atoms with Crippen LogP contribution in [0.2, 0.25) is 0 Å². The Morgan fingerprint density at radius 2 is 2.19 bits per heavy atom. The number of carbonyl (C=O) groups excluding carboxylic acids is 2. The number of ether oxygens (including phenoxy) is 2. The van der Waals surface area contributed by atoms with E-state index in [1.54, 1.807) is 5.38 Å². The van der Waals surface area contributed by atoms with Crippen molar-refractivity contribution in [3.63, 3.8) is 0 Å². The fraction of sp³-hybridized carbons (Fsp3) is 0.471. The lowest BCUT2D eigenvalue weighted by molar-refractivity contribution is -0.150. The quantitative estimate of drug-likeness (QED) is 0.259. The second kappa shape index (κ2) is 9.66. The number of thiazole rings is 1. The van der Waals surface area contributed by atoms with Gasteiger partial charge in [0.1, 0.15) is 36.7 Å². The molecule has 0 aliphatic carbocycles. The van der Waals surface area contributed by atoms with Gasteiger partial charge in [0.2, 0.25) is 0 Å². The van der Waals surface area contributed by atoms with Gasteiger partial charge < -0.3 is 30.5 Å². The molecule has 12 nitrogen and oxygen atoms in total. The van der Waals surface area contributed by atoms with Crippen LogP contribution >= 0.6 is 34.9 Å². The van der Waals surface area contributed by atoms with Gasteiger partial charge in [-0.15, -0.1) is 34.9 Å². The smallest absolute Gasteiger partial charge is 0.353 e. The van der Waals surface area contributed by atoms with Crippen LogP contribution in [0.3, 0.4) is 0 Å². The number of amides is 2. The first-order chi connectivity index (χ1) is 15.4. The molecular weight excluding hydrogens is 482 g/mol. The van der Waals surface area contributed by atoms with Gasteiger partial charge in [0.15, 0.2) is 10.8 Å². The molecule has 2 fully saturated rings. The van der Waals surface area contributed by atoms with Crippen molar-refractivity contribution in [1.29, 1.82) is 0 Å². The molecule has 1 aromatic rings. The molecule has 3 aliphatic heterocycles. The van der Waals surface area contributed by atoms with Crippen LogP contribution in [0.5, 0.6) is 0 Å². The van der Waals surface area contributed by atoms with E-state index in [1.165, 1.54) is 35.5 Å². The number of nitrogen functional groups attached to an aromatic ring is 1. The molecule has 4 N–H and O–H groups in total. The molecule has 0 spiro atoms. The number of hydrogen-bond acceptors (Lipinski definition) is 12. The normalized spacial score (nSPS) is 24.1. The fourth-order valence-electron chi connectivity index (χ4n) is 3.32. The lowest BCUT2D eigenvalue weighted by Gasteiger charge is -2.49. The Labute approximate surface area is 194 Å². The summed E-state index contributed by atoms with van der Waals surface area (Å²) in [7, 11) is 1.28. The number of carboxylic acids is 1. The lowest BCUT2D eigenvalue weighted by atomic mass is 10.0. The van der Waals surface area contributed by atoms with Crippen LogP contribution < -0.4 is 11.1 Å². The molecule has 172 valence electrons. The molecular formula is C17H19N5O7S3. The van der Waals surface area contributed by atoms with Gasteiger partial charge in [-0.05, 0) is 0 Å². The predicted molar refractivity (Wildman–Crippen MR) is 118 cm³/mol. The first-order valence-corrected chi connectivity index (χ1v) is 12.1. The molecule has 2 saturated heterocycles. The van der Waals surface area contributed by atoms with Gasteiger partial charge in [0.05, 0.1) is 18.5 Å². The fourth-order valence-corrected chi connectivity index (χ4v) is 6.56. The first kappa shape index (κ1) is 22.8. The molecule has 1 unspecified atom stereocenters. The third-order valence-electron chi connectivity index (χ3n) is 4.67. The molecule has 1 aromatic heterocycles. The van der Waals surface area contributed by atoms with Gasteiger partial charge in [-0.2, -0.15) is 0 Å². The number of nitrogens with two attached hydrogens (primary N) is 1. The van der Waals surface area contributed by atoms with Gasteiger partial charge in [0.25, 0.3) is 11.8 Å². The summed E-state index contributed by atoms with van der Waals surface area (Å²) in [6, 6.07) is -0.909. The van der Waals surface area contributed by atoms with Crippen molar-refractivity contribution in [3.8, 4) is 0 Å². The minimum Gasteiger partial charge on any atom is -0.477 e. The monoisotopic (exact) mass is 501 g/mol. The predicted octanol–water partition coefficient (Wildman–Crippen LogP) is -0.122. The molecule has 0 saturated carbocycles. The van der Waals surface area contributed by atoms with Crippen LogP contribution in [0.1, 0.15) is 5.69 Å². The second-order valence-electron chi connectivity index (χ2n) is 6.73. The Kier molecular flexibility index (Phi) is 6.90. The number of hydrogen-bond donors (Lipinski definition) is 3. The Morgan fingerprint density at radius 1 is 1.44 bits per heavy atom. The maximum absolute atomic E-state index is 12.8. The third kappa shape index (κ3) is 4.43. The molecule has 4 heterocycles. The number of carboxylic acid groups (broad SMARTS) is 1. The van der Waals surface area contributed by atoms with Gasteiger partial charge in [-0.3, -0.25) is 14.5 Å². The topological polar surface area (TPSA) is 166 Å². The van der Waals surface area contributed by atoms with Gasteiger partial charge >= 0.3 is 5.97 Å². The SMILES string of the molecule is CON=C(C(=O)NC1C(=O)N2C(C(=O)O)=C(SC3COCOC3)CS[C@@H]12)c1csc(N)n1. The molecule has 2 amide bonds. The van der Waals surface area contributed by atoms with Crippen LogP contribution in [-0.2, 0) is 28.7 Å². The summed E-state index contributed by atoms with van der Waals surface area (Å²) in [4.78, 5) is 48.1. The average molecular weight is 502 g/mol. The van der Waals surface area contributed by atoms with Crippen LogP contribution in [0.4, 0.5) is 5.13 Å². The maximum Gasteiger partial charge on any atom is 0.353 e. The zero-order valence-electron chi connectivity index (χ0n) is 16.7. The molecule has 0 bridgehead atoms. The van der Waals surface area contributed by atoms with Crippen molar-refractivity contribution < 1.29 is 33.8 Å². The average Bonchev–Trinajstić information content (AvgIpc) is 3.21. The minimum atomic E-state index is -1.20. The van der Waals surface area contributed by atoms with E-state index in [4.69, 9.17) is 20.0 Å². The molecule has 0 aromatic carbocycles. The number of thioether (sulfide) groups is 2. The highest BCUT2D eigenvalue weighted by Crippen LogP contribution is 2.44. The standard InChI is InChI=1S/C17H19N5O7S3/c1-27-21-10(8-4-31-17(18)19-8)13(23)20-11-14(24)22-12(16(25)26)9(5-30-15(11)22)32-7-2-28-6-29-3-7/h4,7,11,15H,2-3,5-6H2,1H3,(H2,18,19)(H,20,23)(H,25,26)/t11?,15-/m0/s1. The van der Waals surface area contributed by atoms with Crippen molar-refractivity contribution >= 4 is 63.5 Å². The highest BCUT2D eigenvalue weighted by molar-refractivity contribution is 8.06. The van der Waals surface area contributed by atoms with Gasteiger partial charge in [0, 0.05) is 16.0 Å². The van der Waals surface area contributed by atoms with E-state index in [2.05, 4.69) is 15.5 Å². The summed E-state index contributed by atoms with van der Waals surface area (Å²) in [5.74, 6) is -2.01. The number of carbonyl (C=O) groups is 3. The van der Waals surface area contributed by atoms with Gasteiger partial charge in [-0.25, -0.2) is 9.78 Å². The highest BCUT2D eigenvalue weighted by atomic mass is 32.2. The zero-order chi connectivity index (χ0) is 22.8. The van der Waals surface area contributed by atoms with E-state index in [1.807, 2.05) is 0 Å². The van der Waals surface area contributed by atoms with E-state index in [0.29, 0.717) is 23.9 Å². The molecule has 15 heteroatoms. The van der Waals surface area contributed by atoms with Gasteiger partial charge in [-0.1, -0.05) is 5.16 Å². The summed E-state index contributed by atoms with van der Waals surface area (Å²) < 4.78 is 10.5. The summed E-state index contributed by atoms with van der Waals surface area (Å²) in [6.07, 6.45) is 0. The van der Waals surface area contributed by atoms with Crippen LogP contribution in [-0.4, -0.2) is 88.0 Å². The summed E-state index contributed by atoms with van der Waals surface area (Å²) >= 11 is 3.84. The van der Waals surface area contributed by atoms with Crippen molar-refractivity contribution in [2.75, 3.05) is 38.6 Å². The number of fused-ring (bicyclic) bond motifs is 1. The Hall–Kier alpha value is -2.33. The highest BCUT2D eigenvalue weighted by Gasteiger charge is 2.54. The molecule has 32 heavy (non-hydrogen) atoms. The van der Waals surface area contributed by atoms with Crippen molar-refractivity contribution in [3.05, 3.63) is 21.7 Å². The summed E-state index contributed by atoms with van der Waals surface area (Å²) in [5.41, 5.74) is 5.64. The van der Waals surface area contributed by atoms with E-state index in [0.717, 1.165) is 11.3 Å². The number of aromatic nitrogens is 1. The van der Waals surface area contributed by atoms with E-state index >= 15 is 0 Å². The Morgan fingerprint density at radius 3 is 2.81 bits per heavy atom. The molecule has 0 radical (unpaired) electrons. The number of anilines is 1. The van der Waals surface area contributed by atoms with Crippen LogP contribution in [0, 0.1) is 0 Å². The molecule has 4 rings (SSSR count). The van der Waals surface area contributed by atoms with Crippen molar-refractivity contribution in [1.82, 2.24) is 15.2 Å². The summed E-state index contributed by atoms with van der Waals surface area (Å²) in [6.45, 7) is 1.08. The zero-order valence-corrected chi connectivity index (χ0v) is 19.1. The van der Waals surface area contributed by atoms with E-state index < -0.39 is 29.2 Å². The Balaban J connectivity index is 1.49. The van der Waals surface area contributed by atoms with Crippen LogP contribution in [0.15, 0.2) is 21.1 Å². The van der Waals surface area contributed by atoms with Crippen molar-refractivity contribution in [2.24, 2.45) is 5.16 Å². The summed E-state index contributed by atoms with van der Waals surface area (Å²) in [5, 5.41) is 17.3. The number of nitrogens with one attached hydrogen (secondary N) is 1. The maximum atomic E-state index is 12.8. The van der Waals surface area contributed by atoms with E-state index in [9.17, 15) is 19.5 Å². The molecule has 2 atom stereocenters. The minimum absolute atomic E-state index is 0.0597.